The summed E-state index contributed by atoms with van der Waals surface area (Å²) in [7, 11) is 1.93. The highest BCUT2D eigenvalue weighted by molar-refractivity contribution is 6.07. The highest BCUT2D eigenvalue weighted by atomic mass is 16.4. The van der Waals surface area contributed by atoms with E-state index in [0.717, 1.165) is 30.4 Å². The minimum absolute atomic E-state index is 0.00507. The van der Waals surface area contributed by atoms with Crippen LogP contribution in [0.25, 0.3) is 10.9 Å². The number of hydrogen-bond acceptors (Lipinski definition) is 3. The van der Waals surface area contributed by atoms with Crippen molar-refractivity contribution in [2.24, 2.45) is 18.4 Å². The molecule has 6 heteroatoms. The van der Waals surface area contributed by atoms with Gasteiger partial charge >= 0.3 is 5.97 Å². The summed E-state index contributed by atoms with van der Waals surface area (Å²) in [5, 5.41) is 10.9. The molecule has 0 saturated carbocycles. The largest absolute Gasteiger partial charge is 0.481 e. The van der Waals surface area contributed by atoms with Crippen LogP contribution in [-0.4, -0.2) is 64.1 Å². The van der Waals surface area contributed by atoms with Crippen molar-refractivity contribution < 1.29 is 14.7 Å². The van der Waals surface area contributed by atoms with Crippen molar-refractivity contribution in [3.63, 3.8) is 0 Å². The highest BCUT2D eigenvalue weighted by Crippen LogP contribution is 2.43. The van der Waals surface area contributed by atoms with Crippen LogP contribution in [0.4, 0.5) is 0 Å². The number of hydrogen-bond donors (Lipinski definition) is 1. The van der Waals surface area contributed by atoms with Gasteiger partial charge in [-0.3, -0.25) is 9.59 Å². The average Bonchev–Trinajstić information content (AvgIpc) is 3.24. The van der Waals surface area contributed by atoms with E-state index in [4.69, 9.17) is 0 Å². The minimum Gasteiger partial charge on any atom is -0.481 e. The van der Waals surface area contributed by atoms with Gasteiger partial charge in [0.1, 0.15) is 5.41 Å². The molecular formula is C20H25N3O3. The van der Waals surface area contributed by atoms with E-state index in [0.29, 0.717) is 25.2 Å². The molecule has 2 aliphatic heterocycles. The van der Waals surface area contributed by atoms with E-state index in [1.165, 1.54) is 0 Å². The Labute approximate surface area is 153 Å². The number of rotatable bonds is 4. The lowest BCUT2D eigenvalue weighted by Crippen LogP contribution is -2.42. The lowest BCUT2D eigenvalue weighted by molar-refractivity contribution is -0.148. The van der Waals surface area contributed by atoms with Crippen LogP contribution in [0.3, 0.4) is 0 Å². The molecule has 0 bridgehead atoms. The molecule has 2 aromatic rings. The number of carbonyl (C=O) groups excluding carboxylic acids is 1. The Morgan fingerprint density at radius 3 is 2.69 bits per heavy atom. The second-order valence-electron chi connectivity index (χ2n) is 7.75. The van der Waals surface area contributed by atoms with Gasteiger partial charge in [0.05, 0.1) is 5.56 Å². The van der Waals surface area contributed by atoms with E-state index < -0.39 is 11.4 Å². The fourth-order valence-electron chi connectivity index (χ4n) is 4.80. The number of nitrogens with zero attached hydrogens (tertiary/aromatic N) is 3. The van der Waals surface area contributed by atoms with Crippen LogP contribution in [0.5, 0.6) is 0 Å². The van der Waals surface area contributed by atoms with Gasteiger partial charge in [0.2, 0.25) is 0 Å². The normalized spacial score (nSPS) is 25.8. The molecule has 1 N–H and O–H groups in total. The molecule has 0 radical (unpaired) electrons. The van der Waals surface area contributed by atoms with Crippen LogP contribution < -0.4 is 0 Å². The maximum Gasteiger partial charge on any atom is 0.313 e. The van der Waals surface area contributed by atoms with Crippen LogP contribution >= 0.6 is 0 Å². The summed E-state index contributed by atoms with van der Waals surface area (Å²) in [4.78, 5) is 29.3. The molecule has 138 valence electrons. The van der Waals surface area contributed by atoms with E-state index >= 15 is 0 Å². The smallest absolute Gasteiger partial charge is 0.313 e. The Morgan fingerprint density at radius 1 is 1.23 bits per heavy atom. The molecule has 4 rings (SSSR count). The molecule has 6 nitrogen and oxygen atoms in total. The van der Waals surface area contributed by atoms with E-state index in [1.54, 1.807) is 4.90 Å². The van der Waals surface area contributed by atoms with Crippen molar-refractivity contribution in [1.29, 1.82) is 0 Å². The number of carboxylic acid groups (broad SMARTS) is 1. The van der Waals surface area contributed by atoms with Gasteiger partial charge in [-0.05, 0) is 19.0 Å². The summed E-state index contributed by atoms with van der Waals surface area (Å²) < 4.78 is 1.95. The van der Waals surface area contributed by atoms with Crippen LogP contribution in [0.15, 0.2) is 30.5 Å². The molecule has 0 unspecified atom stereocenters. The predicted octanol–water partition coefficient (Wildman–Crippen LogP) is 2.05. The fraction of sp³-hybridized carbons (Fsp3) is 0.500. The zero-order valence-electron chi connectivity index (χ0n) is 15.3. The standard InChI is InChI=1S/C20H25N3O3/c1-3-8-22-9-14-10-23(13-20(14,12-22)19(25)26)18(24)16-11-21(2)17-7-5-4-6-15(16)17/h4-7,11,14H,3,8-10,12-13H2,1-2H3,(H,25,26)/t14-,20-/m1/s1. The summed E-state index contributed by atoms with van der Waals surface area (Å²) in [5.41, 5.74) is 0.849. The van der Waals surface area contributed by atoms with Gasteiger partial charge in [0.15, 0.2) is 0 Å². The molecule has 2 saturated heterocycles. The SMILES string of the molecule is CCCN1C[C@@H]2CN(C(=O)c3cn(C)c4ccccc34)C[C@]2(C(=O)O)C1. The first-order valence-electron chi connectivity index (χ1n) is 9.25. The second kappa shape index (κ2) is 6.13. The van der Waals surface area contributed by atoms with Crippen molar-refractivity contribution in [2.75, 3.05) is 32.7 Å². The number of aliphatic carboxylic acids is 1. The summed E-state index contributed by atoms with van der Waals surface area (Å²) in [6, 6.07) is 7.83. The summed E-state index contributed by atoms with van der Waals surface area (Å²) >= 11 is 0. The number of aryl methyl sites for hydroxylation is 1. The number of aromatic nitrogens is 1. The van der Waals surface area contributed by atoms with Crippen molar-refractivity contribution in [1.82, 2.24) is 14.4 Å². The lowest BCUT2D eigenvalue weighted by Gasteiger charge is -2.25. The van der Waals surface area contributed by atoms with Gasteiger partial charge in [0, 0.05) is 56.2 Å². The Hall–Kier alpha value is -2.34. The number of fused-ring (bicyclic) bond motifs is 2. The molecule has 1 aromatic carbocycles. The van der Waals surface area contributed by atoms with Crippen LogP contribution in [0.2, 0.25) is 0 Å². The summed E-state index contributed by atoms with van der Waals surface area (Å²) in [6.07, 6.45) is 2.87. The lowest BCUT2D eigenvalue weighted by atomic mass is 9.81. The topological polar surface area (TPSA) is 65.8 Å². The van der Waals surface area contributed by atoms with Gasteiger partial charge in [-0.15, -0.1) is 0 Å². The van der Waals surface area contributed by atoms with Crippen LogP contribution in [0.1, 0.15) is 23.7 Å². The van der Waals surface area contributed by atoms with Gasteiger partial charge in [-0.1, -0.05) is 25.1 Å². The molecule has 0 spiro atoms. The number of amides is 1. The van der Waals surface area contributed by atoms with Gasteiger partial charge in [-0.2, -0.15) is 0 Å². The average molecular weight is 355 g/mol. The molecule has 2 fully saturated rings. The molecule has 3 heterocycles. The summed E-state index contributed by atoms with van der Waals surface area (Å²) in [6.45, 7) is 5.16. The first kappa shape index (κ1) is 17.1. The third-order valence-corrected chi connectivity index (χ3v) is 6.06. The first-order chi connectivity index (χ1) is 12.5. The highest BCUT2D eigenvalue weighted by Gasteiger charge is 2.58. The van der Waals surface area contributed by atoms with E-state index in [1.807, 2.05) is 42.1 Å². The molecule has 2 aliphatic rings. The minimum atomic E-state index is -0.824. The Balaban J connectivity index is 1.62. The third kappa shape index (κ3) is 2.43. The zero-order valence-corrected chi connectivity index (χ0v) is 15.3. The van der Waals surface area contributed by atoms with Gasteiger partial charge in [0.25, 0.3) is 5.91 Å². The number of benzene rings is 1. The fourth-order valence-corrected chi connectivity index (χ4v) is 4.80. The van der Waals surface area contributed by atoms with Gasteiger partial charge in [-0.25, -0.2) is 0 Å². The van der Waals surface area contributed by atoms with E-state index in [9.17, 15) is 14.7 Å². The number of likely N-dealkylation sites (tertiary alicyclic amines) is 2. The predicted molar refractivity (Wildman–Crippen MR) is 99.1 cm³/mol. The number of carboxylic acids is 1. The number of para-hydroxylation sites is 1. The molecule has 0 aliphatic carbocycles. The number of carbonyl (C=O) groups is 2. The quantitative estimate of drug-likeness (QED) is 0.912. The second-order valence-corrected chi connectivity index (χ2v) is 7.75. The third-order valence-electron chi connectivity index (χ3n) is 6.06. The molecular weight excluding hydrogens is 330 g/mol. The van der Waals surface area contributed by atoms with E-state index in [2.05, 4.69) is 11.8 Å². The molecule has 26 heavy (non-hydrogen) atoms. The van der Waals surface area contributed by atoms with Crippen LogP contribution in [0, 0.1) is 11.3 Å². The first-order valence-corrected chi connectivity index (χ1v) is 9.25. The molecule has 2 atom stereocenters. The van der Waals surface area contributed by atoms with Crippen molar-refractivity contribution >= 4 is 22.8 Å². The van der Waals surface area contributed by atoms with Crippen molar-refractivity contribution in [3.05, 3.63) is 36.0 Å². The van der Waals surface area contributed by atoms with Crippen LogP contribution in [-0.2, 0) is 11.8 Å². The Bertz CT molecular complexity index is 874. The molecule has 1 aromatic heterocycles. The maximum atomic E-state index is 13.2. The Morgan fingerprint density at radius 2 is 2.00 bits per heavy atom. The maximum absolute atomic E-state index is 13.2. The molecule has 1 amide bonds. The summed E-state index contributed by atoms with van der Waals surface area (Å²) in [5.74, 6) is -0.821. The monoisotopic (exact) mass is 355 g/mol. The van der Waals surface area contributed by atoms with Gasteiger partial charge < -0.3 is 19.5 Å². The Kier molecular flexibility index (Phi) is 4.03. The van der Waals surface area contributed by atoms with Crippen molar-refractivity contribution in [2.45, 2.75) is 13.3 Å². The zero-order chi connectivity index (χ0) is 18.5. The van der Waals surface area contributed by atoms with Crippen molar-refractivity contribution in [3.8, 4) is 0 Å². The van der Waals surface area contributed by atoms with E-state index in [-0.39, 0.29) is 11.8 Å².